The Morgan fingerprint density at radius 3 is 2.44 bits per heavy atom. The molecule has 0 atom stereocenters. The zero-order valence-corrected chi connectivity index (χ0v) is 9.78. The molecule has 5 heteroatoms. The number of rotatable bonds is 4. The van der Waals surface area contributed by atoms with Crippen molar-refractivity contribution in [1.29, 1.82) is 0 Å². The Morgan fingerprint density at radius 2 is 1.94 bits per heavy atom. The number of carboxylic acids is 1. The molecule has 0 radical (unpaired) electrons. The number of amides is 1. The van der Waals surface area contributed by atoms with E-state index < -0.39 is 11.4 Å². The second-order valence-electron chi connectivity index (χ2n) is 4.79. The summed E-state index contributed by atoms with van der Waals surface area (Å²) in [6, 6.07) is 0. The van der Waals surface area contributed by atoms with E-state index in [1.165, 1.54) is 0 Å². The monoisotopic (exact) mass is 229 g/mol. The van der Waals surface area contributed by atoms with Crippen molar-refractivity contribution in [2.45, 2.75) is 26.7 Å². The van der Waals surface area contributed by atoms with Gasteiger partial charge in [0, 0.05) is 25.7 Å². The summed E-state index contributed by atoms with van der Waals surface area (Å²) in [7, 11) is 0. The fraction of sp³-hybridized carbons (Fsp3) is 0.818. The first-order valence-electron chi connectivity index (χ1n) is 5.52. The third-order valence-corrected chi connectivity index (χ3v) is 2.88. The number of carbonyl (C=O) groups excluding carboxylic acids is 1. The fourth-order valence-electron chi connectivity index (χ4n) is 1.49. The molecule has 0 aromatic carbocycles. The highest BCUT2D eigenvalue weighted by molar-refractivity contribution is 5.80. The smallest absolute Gasteiger partial charge is 0.310 e. The zero-order valence-electron chi connectivity index (χ0n) is 9.78. The van der Waals surface area contributed by atoms with Gasteiger partial charge in [-0.25, -0.2) is 0 Å². The summed E-state index contributed by atoms with van der Waals surface area (Å²) in [4.78, 5) is 22.5. The van der Waals surface area contributed by atoms with Crippen LogP contribution in [0.25, 0.3) is 0 Å². The van der Waals surface area contributed by atoms with Gasteiger partial charge in [-0.2, -0.15) is 0 Å². The summed E-state index contributed by atoms with van der Waals surface area (Å²) >= 11 is 0. The van der Waals surface area contributed by atoms with Crippen LogP contribution in [-0.4, -0.2) is 36.7 Å². The van der Waals surface area contributed by atoms with Crippen molar-refractivity contribution in [3.05, 3.63) is 0 Å². The van der Waals surface area contributed by atoms with Crippen LogP contribution in [0, 0.1) is 11.3 Å². The SMILES string of the molecule is CC(C)(CNC(=O)C1CCOCC1)C(=O)O. The van der Waals surface area contributed by atoms with Crippen LogP contribution in [0.2, 0.25) is 0 Å². The third-order valence-electron chi connectivity index (χ3n) is 2.88. The van der Waals surface area contributed by atoms with Gasteiger partial charge in [0.1, 0.15) is 0 Å². The molecule has 2 N–H and O–H groups in total. The summed E-state index contributed by atoms with van der Waals surface area (Å²) in [6.07, 6.45) is 1.44. The lowest BCUT2D eigenvalue weighted by molar-refractivity contribution is -0.147. The number of carboxylic acid groups (broad SMARTS) is 1. The highest BCUT2D eigenvalue weighted by atomic mass is 16.5. The van der Waals surface area contributed by atoms with E-state index in [0.717, 1.165) is 12.8 Å². The molecule has 0 unspecified atom stereocenters. The predicted molar refractivity (Wildman–Crippen MR) is 58.0 cm³/mol. The van der Waals surface area contributed by atoms with Gasteiger partial charge < -0.3 is 15.2 Å². The van der Waals surface area contributed by atoms with E-state index in [9.17, 15) is 9.59 Å². The molecule has 16 heavy (non-hydrogen) atoms. The van der Waals surface area contributed by atoms with E-state index in [0.29, 0.717) is 13.2 Å². The van der Waals surface area contributed by atoms with Crippen LogP contribution in [0.4, 0.5) is 0 Å². The van der Waals surface area contributed by atoms with Gasteiger partial charge in [-0.3, -0.25) is 9.59 Å². The molecule has 1 fully saturated rings. The molecule has 0 aromatic rings. The molecule has 0 bridgehead atoms. The van der Waals surface area contributed by atoms with Crippen molar-refractivity contribution < 1.29 is 19.4 Å². The average Bonchev–Trinajstić information content (AvgIpc) is 2.27. The topological polar surface area (TPSA) is 75.6 Å². The van der Waals surface area contributed by atoms with Crippen LogP contribution < -0.4 is 5.32 Å². The number of carbonyl (C=O) groups is 2. The molecule has 0 aromatic heterocycles. The molecule has 1 aliphatic heterocycles. The first-order chi connectivity index (χ1) is 7.43. The molecule has 1 heterocycles. The van der Waals surface area contributed by atoms with Crippen LogP contribution in [0.5, 0.6) is 0 Å². The molecule has 0 spiro atoms. The Labute approximate surface area is 95.2 Å². The van der Waals surface area contributed by atoms with Crippen molar-refractivity contribution in [2.24, 2.45) is 11.3 Å². The summed E-state index contributed by atoms with van der Waals surface area (Å²) < 4.78 is 5.16. The molecule has 0 saturated carbocycles. The van der Waals surface area contributed by atoms with Crippen LogP contribution in [0.3, 0.4) is 0 Å². The van der Waals surface area contributed by atoms with Crippen LogP contribution in [-0.2, 0) is 14.3 Å². The highest BCUT2D eigenvalue weighted by Crippen LogP contribution is 2.17. The average molecular weight is 229 g/mol. The maximum Gasteiger partial charge on any atom is 0.310 e. The van der Waals surface area contributed by atoms with Gasteiger partial charge in [0.15, 0.2) is 0 Å². The predicted octanol–water partition coefficient (Wildman–Crippen LogP) is 0.640. The molecule has 1 aliphatic rings. The van der Waals surface area contributed by atoms with Crippen molar-refractivity contribution >= 4 is 11.9 Å². The molecule has 5 nitrogen and oxygen atoms in total. The van der Waals surface area contributed by atoms with Crippen LogP contribution in [0.15, 0.2) is 0 Å². The molecular formula is C11H19NO4. The maximum atomic E-state index is 11.7. The Morgan fingerprint density at radius 1 is 1.38 bits per heavy atom. The minimum atomic E-state index is -0.916. The normalized spacial score (nSPS) is 18.1. The Bertz CT molecular complexity index is 269. The van der Waals surface area contributed by atoms with E-state index in [-0.39, 0.29) is 18.4 Å². The first-order valence-corrected chi connectivity index (χ1v) is 5.52. The van der Waals surface area contributed by atoms with Crippen molar-refractivity contribution in [3.63, 3.8) is 0 Å². The molecule has 92 valence electrons. The largest absolute Gasteiger partial charge is 0.481 e. The van der Waals surface area contributed by atoms with Crippen LogP contribution >= 0.6 is 0 Å². The van der Waals surface area contributed by atoms with Gasteiger partial charge in [-0.1, -0.05) is 0 Å². The standard InChI is InChI=1S/C11H19NO4/c1-11(2,10(14)15)7-12-9(13)8-3-5-16-6-4-8/h8H,3-7H2,1-2H3,(H,12,13)(H,14,15). The minimum absolute atomic E-state index is 0.0293. The quantitative estimate of drug-likeness (QED) is 0.741. The van der Waals surface area contributed by atoms with Gasteiger partial charge in [-0.15, -0.1) is 0 Å². The Balaban J connectivity index is 2.37. The zero-order chi connectivity index (χ0) is 12.2. The van der Waals surface area contributed by atoms with Crippen molar-refractivity contribution in [1.82, 2.24) is 5.32 Å². The number of aliphatic carboxylic acids is 1. The molecule has 1 saturated heterocycles. The Kier molecular flexibility index (Phi) is 4.29. The third kappa shape index (κ3) is 3.48. The van der Waals surface area contributed by atoms with Gasteiger partial charge in [-0.05, 0) is 26.7 Å². The number of hydrogen-bond donors (Lipinski definition) is 2. The second kappa shape index (κ2) is 5.30. The van der Waals surface area contributed by atoms with Crippen LogP contribution in [0.1, 0.15) is 26.7 Å². The van der Waals surface area contributed by atoms with E-state index in [2.05, 4.69) is 5.32 Å². The Hall–Kier alpha value is -1.10. The van der Waals surface area contributed by atoms with E-state index in [1.54, 1.807) is 13.8 Å². The van der Waals surface area contributed by atoms with E-state index in [4.69, 9.17) is 9.84 Å². The van der Waals surface area contributed by atoms with Gasteiger partial charge in [0.2, 0.25) is 5.91 Å². The van der Waals surface area contributed by atoms with Gasteiger partial charge in [0.05, 0.1) is 5.41 Å². The first kappa shape index (κ1) is 13.0. The van der Waals surface area contributed by atoms with Crippen molar-refractivity contribution in [2.75, 3.05) is 19.8 Å². The number of nitrogens with one attached hydrogen (secondary N) is 1. The maximum absolute atomic E-state index is 11.7. The molecular weight excluding hydrogens is 210 g/mol. The highest BCUT2D eigenvalue weighted by Gasteiger charge is 2.29. The van der Waals surface area contributed by atoms with Gasteiger partial charge >= 0.3 is 5.97 Å². The fourth-order valence-corrected chi connectivity index (χ4v) is 1.49. The van der Waals surface area contributed by atoms with Crippen molar-refractivity contribution in [3.8, 4) is 0 Å². The lowest BCUT2D eigenvalue weighted by atomic mass is 9.93. The molecule has 1 amide bonds. The van der Waals surface area contributed by atoms with E-state index >= 15 is 0 Å². The summed E-state index contributed by atoms with van der Waals surface area (Å²) in [5, 5.41) is 11.6. The molecule has 1 rings (SSSR count). The van der Waals surface area contributed by atoms with E-state index in [1.807, 2.05) is 0 Å². The lowest BCUT2D eigenvalue weighted by Gasteiger charge is -2.24. The second-order valence-corrected chi connectivity index (χ2v) is 4.79. The lowest BCUT2D eigenvalue weighted by Crippen LogP contribution is -2.42. The number of ether oxygens (including phenoxy) is 1. The van der Waals surface area contributed by atoms with Gasteiger partial charge in [0.25, 0.3) is 0 Å². The summed E-state index contributed by atoms with van der Waals surface area (Å²) in [5.74, 6) is -0.990. The minimum Gasteiger partial charge on any atom is -0.481 e. The summed E-state index contributed by atoms with van der Waals surface area (Å²) in [5.41, 5.74) is -0.916. The number of hydrogen-bond acceptors (Lipinski definition) is 3. The molecule has 0 aliphatic carbocycles. The summed E-state index contributed by atoms with van der Waals surface area (Å²) in [6.45, 7) is 4.58.